The van der Waals surface area contributed by atoms with E-state index in [1.54, 1.807) is 0 Å². The van der Waals surface area contributed by atoms with Crippen LogP contribution in [0.4, 0.5) is 0 Å². The quantitative estimate of drug-likeness (QED) is 0.816. The summed E-state index contributed by atoms with van der Waals surface area (Å²) >= 11 is 1.98. The van der Waals surface area contributed by atoms with E-state index in [4.69, 9.17) is 0 Å². The van der Waals surface area contributed by atoms with Crippen molar-refractivity contribution in [2.45, 2.75) is 44.4 Å². The predicted molar refractivity (Wildman–Crippen MR) is 73.3 cm³/mol. The third-order valence-electron chi connectivity index (χ3n) is 3.94. The van der Waals surface area contributed by atoms with Crippen LogP contribution in [-0.4, -0.2) is 47.5 Å². The summed E-state index contributed by atoms with van der Waals surface area (Å²) in [4.78, 5) is 14.5. The lowest BCUT2D eigenvalue weighted by molar-refractivity contribution is -0.134. The molecule has 1 amide bonds. The van der Waals surface area contributed by atoms with Gasteiger partial charge >= 0.3 is 0 Å². The van der Waals surface area contributed by atoms with Gasteiger partial charge in [-0.1, -0.05) is 20.3 Å². The lowest BCUT2D eigenvalue weighted by Gasteiger charge is -2.36. The van der Waals surface area contributed by atoms with E-state index in [1.165, 1.54) is 12.8 Å². The van der Waals surface area contributed by atoms with Gasteiger partial charge in [-0.15, -0.1) is 0 Å². The monoisotopic (exact) mass is 256 g/mol. The first kappa shape index (κ1) is 13.2. The van der Waals surface area contributed by atoms with Crippen LogP contribution in [0.2, 0.25) is 0 Å². The molecule has 0 saturated carbocycles. The van der Waals surface area contributed by atoms with Gasteiger partial charge in [0.1, 0.15) is 0 Å². The molecule has 2 fully saturated rings. The van der Waals surface area contributed by atoms with Gasteiger partial charge in [0.2, 0.25) is 5.91 Å². The molecule has 2 rings (SSSR count). The van der Waals surface area contributed by atoms with Crippen molar-refractivity contribution in [2.75, 3.05) is 25.4 Å². The third-order valence-corrected chi connectivity index (χ3v) is 5.08. The number of nitrogens with zero attached hydrogens (tertiary/aromatic N) is 1. The molecule has 2 aliphatic rings. The fraction of sp³-hybridized carbons (Fsp3) is 0.923. The Balaban J connectivity index is 1.89. The standard InChI is InChI=1S/C13H24N2OS/c1-3-11-4-5-14-12(8-11)13(16)15-6-7-17-10(2)9-15/h10-12,14H,3-9H2,1-2H3. The topological polar surface area (TPSA) is 32.3 Å². The lowest BCUT2D eigenvalue weighted by atomic mass is 9.90. The van der Waals surface area contributed by atoms with Gasteiger partial charge in [-0.25, -0.2) is 0 Å². The fourth-order valence-electron chi connectivity index (χ4n) is 2.79. The van der Waals surface area contributed by atoms with Crippen LogP contribution >= 0.6 is 11.8 Å². The minimum Gasteiger partial charge on any atom is -0.339 e. The zero-order valence-corrected chi connectivity index (χ0v) is 11.8. The number of nitrogens with one attached hydrogen (secondary N) is 1. The molecule has 1 N–H and O–H groups in total. The Kier molecular flexibility index (Phi) is 4.74. The Hall–Kier alpha value is -0.220. The summed E-state index contributed by atoms with van der Waals surface area (Å²) < 4.78 is 0. The average molecular weight is 256 g/mol. The van der Waals surface area contributed by atoms with Gasteiger partial charge in [0.15, 0.2) is 0 Å². The Morgan fingerprint density at radius 1 is 1.53 bits per heavy atom. The summed E-state index contributed by atoms with van der Waals surface area (Å²) in [5.41, 5.74) is 0. The van der Waals surface area contributed by atoms with E-state index in [-0.39, 0.29) is 6.04 Å². The second-order valence-electron chi connectivity index (χ2n) is 5.27. The van der Waals surface area contributed by atoms with Crippen molar-refractivity contribution in [2.24, 2.45) is 5.92 Å². The second kappa shape index (κ2) is 6.10. The highest BCUT2D eigenvalue weighted by Crippen LogP contribution is 2.23. The molecule has 3 nitrogen and oxygen atoms in total. The SMILES string of the molecule is CCC1CCNC(C(=O)N2CCSC(C)C2)C1. The summed E-state index contributed by atoms with van der Waals surface area (Å²) in [7, 11) is 0. The van der Waals surface area contributed by atoms with Crippen molar-refractivity contribution in [3.05, 3.63) is 0 Å². The molecule has 4 heteroatoms. The summed E-state index contributed by atoms with van der Waals surface area (Å²) in [6.07, 6.45) is 3.47. The molecular formula is C13H24N2OS. The molecular weight excluding hydrogens is 232 g/mol. The van der Waals surface area contributed by atoms with Gasteiger partial charge in [-0.05, 0) is 25.3 Å². The normalized spacial score (nSPS) is 34.7. The van der Waals surface area contributed by atoms with Gasteiger partial charge in [-0.2, -0.15) is 11.8 Å². The molecule has 2 heterocycles. The summed E-state index contributed by atoms with van der Waals surface area (Å²) in [6.45, 7) is 7.32. The van der Waals surface area contributed by atoms with Crippen molar-refractivity contribution in [3.63, 3.8) is 0 Å². The highest BCUT2D eigenvalue weighted by molar-refractivity contribution is 7.99. The van der Waals surface area contributed by atoms with Crippen molar-refractivity contribution in [1.29, 1.82) is 0 Å². The number of rotatable bonds is 2. The van der Waals surface area contributed by atoms with E-state index in [0.717, 1.165) is 37.7 Å². The van der Waals surface area contributed by atoms with Crippen molar-refractivity contribution in [3.8, 4) is 0 Å². The molecule has 0 spiro atoms. The summed E-state index contributed by atoms with van der Waals surface area (Å²) in [5.74, 6) is 2.17. The maximum atomic E-state index is 12.4. The van der Waals surface area contributed by atoms with Gasteiger partial charge in [0, 0.05) is 24.1 Å². The number of carbonyl (C=O) groups is 1. The fourth-order valence-corrected chi connectivity index (χ4v) is 3.81. The van der Waals surface area contributed by atoms with E-state index in [2.05, 4.69) is 24.1 Å². The molecule has 0 aromatic heterocycles. The van der Waals surface area contributed by atoms with Crippen LogP contribution in [0, 0.1) is 5.92 Å². The second-order valence-corrected chi connectivity index (χ2v) is 6.82. The minimum atomic E-state index is 0.0870. The Morgan fingerprint density at radius 3 is 3.06 bits per heavy atom. The molecule has 3 atom stereocenters. The van der Waals surface area contributed by atoms with Crippen molar-refractivity contribution in [1.82, 2.24) is 10.2 Å². The molecule has 0 radical (unpaired) electrons. The Morgan fingerprint density at radius 2 is 2.35 bits per heavy atom. The van der Waals surface area contributed by atoms with Gasteiger partial charge in [0.05, 0.1) is 6.04 Å². The molecule has 98 valence electrons. The predicted octanol–water partition coefficient (Wildman–Crippen LogP) is 1.73. The van der Waals surface area contributed by atoms with Crippen LogP contribution in [0.1, 0.15) is 33.1 Å². The molecule has 0 aromatic carbocycles. The van der Waals surface area contributed by atoms with E-state index in [1.807, 2.05) is 11.8 Å². The van der Waals surface area contributed by atoms with Crippen LogP contribution < -0.4 is 5.32 Å². The van der Waals surface area contributed by atoms with E-state index in [9.17, 15) is 4.79 Å². The Labute approximate surface area is 109 Å². The number of thioether (sulfide) groups is 1. The van der Waals surface area contributed by atoms with E-state index >= 15 is 0 Å². The minimum absolute atomic E-state index is 0.0870. The maximum absolute atomic E-state index is 12.4. The smallest absolute Gasteiger partial charge is 0.239 e. The van der Waals surface area contributed by atoms with Crippen LogP contribution in [0.3, 0.4) is 0 Å². The lowest BCUT2D eigenvalue weighted by Crippen LogP contribution is -2.53. The Bertz CT molecular complexity index is 272. The van der Waals surface area contributed by atoms with Gasteiger partial charge < -0.3 is 10.2 Å². The number of hydrogen-bond donors (Lipinski definition) is 1. The van der Waals surface area contributed by atoms with Crippen molar-refractivity contribution < 1.29 is 4.79 Å². The highest BCUT2D eigenvalue weighted by atomic mass is 32.2. The first-order valence-electron chi connectivity index (χ1n) is 6.84. The average Bonchev–Trinajstić information content (AvgIpc) is 2.38. The zero-order valence-electron chi connectivity index (χ0n) is 10.9. The van der Waals surface area contributed by atoms with E-state index in [0.29, 0.717) is 11.2 Å². The van der Waals surface area contributed by atoms with Crippen LogP contribution in [0.5, 0.6) is 0 Å². The van der Waals surface area contributed by atoms with Gasteiger partial charge in [-0.3, -0.25) is 4.79 Å². The molecule has 3 unspecified atom stereocenters. The van der Waals surface area contributed by atoms with Crippen LogP contribution in [-0.2, 0) is 4.79 Å². The highest BCUT2D eigenvalue weighted by Gasteiger charge is 2.31. The van der Waals surface area contributed by atoms with Crippen LogP contribution in [0.15, 0.2) is 0 Å². The number of hydrogen-bond acceptors (Lipinski definition) is 3. The molecule has 0 aliphatic carbocycles. The number of piperidine rings is 1. The van der Waals surface area contributed by atoms with Crippen LogP contribution in [0.25, 0.3) is 0 Å². The zero-order chi connectivity index (χ0) is 12.3. The largest absolute Gasteiger partial charge is 0.339 e. The van der Waals surface area contributed by atoms with E-state index < -0.39 is 0 Å². The van der Waals surface area contributed by atoms with Crippen molar-refractivity contribution >= 4 is 17.7 Å². The van der Waals surface area contributed by atoms with Gasteiger partial charge in [0.25, 0.3) is 0 Å². The summed E-state index contributed by atoms with van der Waals surface area (Å²) in [6, 6.07) is 0.0870. The molecule has 2 saturated heterocycles. The molecule has 0 bridgehead atoms. The molecule has 0 aromatic rings. The first-order valence-corrected chi connectivity index (χ1v) is 7.89. The third kappa shape index (κ3) is 3.38. The summed E-state index contributed by atoms with van der Waals surface area (Å²) in [5, 5.41) is 3.99. The number of carbonyl (C=O) groups excluding carboxylic acids is 1. The first-order chi connectivity index (χ1) is 8.20. The number of amides is 1. The molecule has 2 aliphatic heterocycles. The maximum Gasteiger partial charge on any atom is 0.239 e. The molecule has 17 heavy (non-hydrogen) atoms.